The summed E-state index contributed by atoms with van der Waals surface area (Å²) in [4.78, 5) is -0.280. The predicted molar refractivity (Wildman–Crippen MR) is 90.7 cm³/mol. The summed E-state index contributed by atoms with van der Waals surface area (Å²) in [6.45, 7) is 0. The van der Waals surface area contributed by atoms with E-state index in [2.05, 4.69) is 0 Å². The zero-order chi connectivity index (χ0) is 16.9. The van der Waals surface area contributed by atoms with Crippen molar-refractivity contribution in [2.75, 3.05) is 7.11 Å². The number of hydrogen-bond donors (Lipinski definition) is 0. The van der Waals surface area contributed by atoms with Crippen molar-refractivity contribution in [1.82, 2.24) is 0 Å². The van der Waals surface area contributed by atoms with Gasteiger partial charge in [0, 0.05) is 5.02 Å². The van der Waals surface area contributed by atoms with Gasteiger partial charge in [0.05, 0.1) is 12.9 Å². The summed E-state index contributed by atoms with van der Waals surface area (Å²) >= 11 is 5.78. The van der Waals surface area contributed by atoms with Crippen molar-refractivity contribution in [2.45, 2.75) is 5.75 Å². The van der Waals surface area contributed by atoms with Crippen LogP contribution in [-0.4, -0.2) is 15.5 Å². The SMILES string of the molecule is COc1ccc(C=C(C#N)S(=O)(=O)Cc2ccc(Cl)cc2)cc1. The fourth-order valence-electron chi connectivity index (χ4n) is 1.92. The minimum absolute atomic E-state index is 0.250. The maximum absolute atomic E-state index is 12.4. The van der Waals surface area contributed by atoms with E-state index in [1.807, 2.05) is 0 Å². The van der Waals surface area contributed by atoms with Gasteiger partial charge in [0.15, 0.2) is 9.84 Å². The van der Waals surface area contributed by atoms with Crippen molar-refractivity contribution in [3.63, 3.8) is 0 Å². The minimum atomic E-state index is -3.73. The van der Waals surface area contributed by atoms with Gasteiger partial charge < -0.3 is 4.74 Å². The van der Waals surface area contributed by atoms with Crippen LogP contribution in [0.25, 0.3) is 6.08 Å². The molecule has 0 spiro atoms. The van der Waals surface area contributed by atoms with Gasteiger partial charge in [-0.25, -0.2) is 8.42 Å². The van der Waals surface area contributed by atoms with E-state index < -0.39 is 9.84 Å². The number of methoxy groups -OCH3 is 1. The van der Waals surface area contributed by atoms with Crippen LogP contribution in [0.3, 0.4) is 0 Å². The van der Waals surface area contributed by atoms with Crippen molar-refractivity contribution < 1.29 is 13.2 Å². The highest BCUT2D eigenvalue weighted by molar-refractivity contribution is 7.95. The van der Waals surface area contributed by atoms with Crippen molar-refractivity contribution in [1.29, 1.82) is 5.26 Å². The Morgan fingerprint density at radius 1 is 1.17 bits per heavy atom. The van der Waals surface area contributed by atoms with Crippen LogP contribution in [0.4, 0.5) is 0 Å². The highest BCUT2D eigenvalue weighted by Crippen LogP contribution is 2.20. The molecule has 0 amide bonds. The summed E-state index contributed by atoms with van der Waals surface area (Å²) in [5.41, 5.74) is 1.19. The third-order valence-electron chi connectivity index (χ3n) is 3.13. The first-order valence-corrected chi connectivity index (χ1v) is 8.70. The van der Waals surface area contributed by atoms with Gasteiger partial charge in [-0.2, -0.15) is 5.26 Å². The van der Waals surface area contributed by atoms with Crippen LogP contribution in [-0.2, 0) is 15.6 Å². The molecule has 0 unspecified atom stereocenters. The van der Waals surface area contributed by atoms with E-state index in [1.165, 1.54) is 6.08 Å². The van der Waals surface area contributed by atoms with E-state index in [4.69, 9.17) is 16.3 Å². The van der Waals surface area contributed by atoms with Gasteiger partial charge in [0.1, 0.15) is 16.7 Å². The van der Waals surface area contributed by atoms with Crippen LogP contribution in [0.5, 0.6) is 5.75 Å². The molecule has 2 aromatic rings. The van der Waals surface area contributed by atoms with E-state index in [1.54, 1.807) is 61.7 Å². The Labute approximate surface area is 140 Å². The standard InChI is InChI=1S/C17H14ClNO3S/c1-22-16-8-4-13(5-9-16)10-17(11-19)23(20,21)12-14-2-6-15(18)7-3-14/h2-10H,12H2,1H3. The molecule has 0 aromatic heterocycles. The molecule has 0 atom stereocenters. The molecular formula is C17H14ClNO3S. The molecule has 0 saturated carbocycles. The Bertz CT molecular complexity index is 848. The molecular weight excluding hydrogens is 334 g/mol. The lowest BCUT2D eigenvalue weighted by Gasteiger charge is -2.04. The Balaban J connectivity index is 2.28. The molecule has 0 heterocycles. The topological polar surface area (TPSA) is 67.2 Å². The van der Waals surface area contributed by atoms with Gasteiger partial charge in [-0.15, -0.1) is 0 Å². The molecule has 0 bridgehead atoms. The summed E-state index contributed by atoms with van der Waals surface area (Å²) < 4.78 is 29.8. The third-order valence-corrected chi connectivity index (χ3v) is 4.97. The molecule has 0 saturated heterocycles. The number of halogens is 1. The number of nitriles is 1. The summed E-state index contributed by atoms with van der Waals surface area (Å²) in [6.07, 6.45) is 1.35. The van der Waals surface area contributed by atoms with Gasteiger partial charge in [-0.05, 0) is 41.5 Å². The largest absolute Gasteiger partial charge is 0.497 e. The van der Waals surface area contributed by atoms with Crippen LogP contribution >= 0.6 is 11.6 Å². The van der Waals surface area contributed by atoms with Crippen LogP contribution in [0.1, 0.15) is 11.1 Å². The van der Waals surface area contributed by atoms with Crippen molar-refractivity contribution in [2.24, 2.45) is 0 Å². The second kappa shape index (κ2) is 7.32. The summed E-state index contributed by atoms with van der Waals surface area (Å²) in [7, 11) is -2.18. The maximum Gasteiger partial charge on any atom is 0.192 e. The predicted octanol–water partition coefficient (Wildman–Crippen LogP) is 3.83. The molecule has 23 heavy (non-hydrogen) atoms. The highest BCUT2D eigenvalue weighted by Gasteiger charge is 2.18. The van der Waals surface area contributed by atoms with E-state index >= 15 is 0 Å². The van der Waals surface area contributed by atoms with E-state index in [-0.39, 0.29) is 10.7 Å². The van der Waals surface area contributed by atoms with Crippen molar-refractivity contribution in [3.8, 4) is 11.8 Å². The van der Waals surface area contributed by atoms with Crippen molar-refractivity contribution in [3.05, 3.63) is 69.6 Å². The zero-order valence-corrected chi connectivity index (χ0v) is 13.9. The first-order chi connectivity index (χ1) is 10.9. The molecule has 0 fully saturated rings. The van der Waals surface area contributed by atoms with Crippen LogP contribution in [0.15, 0.2) is 53.4 Å². The third kappa shape index (κ3) is 4.59. The Kier molecular flexibility index (Phi) is 5.43. The smallest absolute Gasteiger partial charge is 0.192 e. The van der Waals surface area contributed by atoms with Crippen LogP contribution in [0.2, 0.25) is 5.02 Å². The average molecular weight is 348 g/mol. The van der Waals surface area contributed by atoms with Gasteiger partial charge in [-0.1, -0.05) is 35.9 Å². The lowest BCUT2D eigenvalue weighted by atomic mass is 10.2. The molecule has 6 heteroatoms. The first-order valence-electron chi connectivity index (χ1n) is 6.67. The van der Waals surface area contributed by atoms with Crippen LogP contribution in [0, 0.1) is 11.3 Å². The molecule has 0 aliphatic heterocycles. The minimum Gasteiger partial charge on any atom is -0.497 e. The van der Waals surface area contributed by atoms with E-state index in [9.17, 15) is 13.7 Å². The highest BCUT2D eigenvalue weighted by atomic mass is 35.5. The molecule has 0 aliphatic rings. The van der Waals surface area contributed by atoms with Gasteiger partial charge in [0.25, 0.3) is 0 Å². The second-order valence-corrected chi connectivity index (χ2v) is 7.17. The summed E-state index contributed by atoms with van der Waals surface area (Å²) in [5, 5.41) is 9.73. The maximum atomic E-state index is 12.4. The lowest BCUT2D eigenvalue weighted by molar-refractivity contribution is 0.415. The van der Waals surface area contributed by atoms with E-state index in [0.29, 0.717) is 21.9 Å². The molecule has 0 N–H and O–H groups in total. The first kappa shape index (κ1) is 17.1. The Hall–Kier alpha value is -2.29. The zero-order valence-electron chi connectivity index (χ0n) is 12.4. The number of ether oxygens (including phenoxy) is 1. The number of hydrogen-bond acceptors (Lipinski definition) is 4. The van der Waals surface area contributed by atoms with Gasteiger partial charge >= 0.3 is 0 Å². The number of allylic oxidation sites excluding steroid dienone is 1. The monoisotopic (exact) mass is 347 g/mol. The normalized spacial score (nSPS) is 11.8. The quantitative estimate of drug-likeness (QED) is 0.771. The fourth-order valence-corrected chi connectivity index (χ4v) is 3.29. The number of sulfone groups is 1. The molecule has 2 aromatic carbocycles. The van der Waals surface area contributed by atoms with Gasteiger partial charge in [-0.3, -0.25) is 0 Å². The molecule has 118 valence electrons. The van der Waals surface area contributed by atoms with Gasteiger partial charge in [0.2, 0.25) is 0 Å². The summed E-state index contributed by atoms with van der Waals surface area (Å²) in [5.74, 6) is 0.407. The number of rotatable bonds is 5. The Morgan fingerprint density at radius 3 is 2.30 bits per heavy atom. The Morgan fingerprint density at radius 2 is 1.78 bits per heavy atom. The van der Waals surface area contributed by atoms with Crippen LogP contribution < -0.4 is 4.74 Å². The fraction of sp³-hybridized carbons (Fsp3) is 0.118. The number of benzene rings is 2. The second-order valence-electron chi connectivity index (χ2n) is 4.78. The number of nitrogens with zero attached hydrogens (tertiary/aromatic N) is 1. The molecule has 0 radical (unpaired) electrons. The average Bonchev–Trinajstić information content (AvgIpc) is 2.55. The van der Waals surface area contributed by atoms with Crippen molar-refractivity contribution >= 4 is 27.5 Å². The lowest BCUT2D eigenvalue weighted by Crippen LogP contribution is -2.06. The molecule has 4 nitrogen and oxygen atoms in total. The summed E-state index contributed by atoms with van der Waals surface area (Å²) in [6, 6.07) is 15.0. The molecule has 0 aliphatic carbocycles. The van der Waals surface area contributed by atoms with E-state index in [0.717, 1.165) is 0 Å². The molecule has 2 rings (SSSR count).